The van der Waals surface area contributed by atoms with Gasteiger partial charge in [-0.1, -0.05) is 30.3 Å². The van der Waals surface area contributed by atoms with E-state index in [1.165, 1.54) is 24.3 Å². The Morgan fingerprint density at radius 1 is 0.744 bits per heavy atom. The van der Waals surface area contributed by atoms with E-state index in [9.17, 15) is 45.3 Å². The Kier molecular flexibility index (Phi) is 7.81. The van der Waals surface area contributed by atoms with Gasteiger partial charge in [-0.2, -0.15) is 0 Å². The number of hydrogen-bond acceptors (Lipinski definition) is 13. The van der Waals surface area contributed by atoms with Crippen LogP contribution in [-0.2, 0) is 25.6 Å². The molecule has 13 nitrogen and oxygen atoms in total. The second-order valence-electron chi connectivity index (χ2n) is 9.61. The summed E-state index contributed by atoms with van der Waals surface area (Å²) >= 11 is 0. The minimum absolute atomic E-state index is 0.0365. The van der Waals surface area contributed by atoms with E-state index in [1.807, 2.05) is 0 Å². The molecule has 0 bridgehead atoms. The van der Waals surface area contributed by atoms with Crippen molar-refractivity contribution in [3.8, 4) is 5.75 Å². The maximum Gasteiger partial charge on any atom is 0.198 e. The SMILES string of the molecule is O=C1c2ccccc2C(=O)c2c1ccc(COC1OC(COC3OCC(O)C(O)C3O)C(O)C(O)C1O)c2O. The molecule has 5 rings (SSSR count). The molecule has 210 valence electrons. The monoisotopic (exact) mass is 548 g/mol. The van der Waals surface area contributed by atoms with E-state index in [0.29, 0.717) is 0 Å². The topological polar surface area (TPSA) is 213 Å². The minimum Gasteiger partial charge on any atom is -0.507 e. The number of carbonyl (C=O) groups excluding carboxylic acids is 2. The van der Waals surface area contributed by atoms with E-state index in [4.69, 9.17) is 18.9 Å². The van der Waals surface area contributed by atoms with Crippen LogP contribution in [0, 0.1) is 0 Å². The summed E-state index contributed by atoms with van der Waals surface area (Å²) in [5.41, 5.74) is 0.349. The fourth-order valence-corrected chi connectivity index (χ4v) is 4.81. The van der Waals surface area contributed by atoms with Crippen LogP contribution in [0.2, 0.25) is 0 Å². The highest BCUT2D eigenvalue weighted by molar-refractivity contribution is 6.29. The van der Waals surface area contributed by atoms with Gasteiger partial charge in [-0.3, -0.25) is 9.59 Å². The van der Waals surface area contributed by atoms with E-state index in [0.717, 1.165) is 0 Å². The number of rotatable bonds is 6. The molecule has 2 fully saturated rings. The maximum absolute atomic E-state index is 13.0. The smallest absolute Gasteiger partial charge is 0.198 e. The van der Waals surface area contributed by atoms with Gasteiger partial charge in [0.25, 0.3) is 0 Å². The molecule has 0 saturated carbocycles. The minimum atomic E-state index is -1.73. The van der Waals surface area contributed by atoms with Crippen LogP contribution in [0.1, 0.15) is 37.4 Å². The highest BCUT2D eigenvalue weighted by Crippen LogP contribution is 2.36. The fraction of sp³-hybridized carbons (Fsp3) is 0.462. The summed E-state index contributed by atoms with van der Waals surface area (Å²) in [6.07, 6.45) is -13.6. The number of carbonyl (C=O) groups is 2. The highest BCUT2D eigenvalue weighted by atomic mass is 16.7. The highest BCUT2D eigenvalue weighted by Gasteiger charge is 2.46. The molecule has 7 N–H and O–H groups in total. The Balaban J connectivity index is 1.27. The number of fused-ring (bicyclic) bond motifs is 2. The molecule has 39 heavy (non-hydrogen) atoms. The van der Waals surface area contributed by atoms with E-state index < -0.39 is 85.8 Å². The van der Waals surface area contributed by atoms with Gasteiger partial charge in [-0.15, -0.1) is 0 Å². The summed E-state index contributed by atoms with van der Waals surface area (Å²) in [5, 5.41) is 71.2. The first-order valence-electron chi connectivity index (χ1n) is 12.2. The predicted octanol–water partition coefficient (Wildman–Crippen LogP) is -2.05. The molecule has 0 aromatic heterocycles. The van der Waals surface area contributed by atoms with Crippen molar-refractivity contribution in [1.29, 1.82) is 0 Å². The number of hydrogen-bond donors (Lipinski definition) is 7. The summed E-state index contributed by atoms with van der Waals surface area (Å²) in [5.74, 6) is -1.42. The van der Waals surface area contributed by atoms with Crippen molar-refractivity contribution in [2.75, 3.05) is 13.2 Å². The molecule has 2 aliphatic heterocycles. The van der Waals surface area contributed by atoms with Gasteiger partial charge in [0, 0.05) is 22.3 Å². The average Bonchev–Trinajstić information content (AvgIpc) is 2.94. The molecule has 3 aliphatic rings. The van der Waals surface area contributed by atoms with Crippen molar-refractivity contribution in [2.24, 2.45) is 0 Å². The van der Waals surface area contributed by atoms with Crippen LogP contribution < -0.4 is 0 Å². The lowest BCUT2D eigenvalue weighted by molar-refractivity contribution is -0.322. The Bertz CT molecular complexity index is 1250. The zero-order valence-corrected chi connectivity index (χ0v) is 20.4. The molecule has 13 heteroatoms. The van der Waals surface area contributed by atoms with Gasteiger partial charge in [0.2, 0.25) is 0 Å². The number of ketones is 2. The number of benzene rings is 2. The van der Waals surface area contributed by atoms with Gasteiger partial charge in [-0.05, 0) is 6.07 Å². The second kappa shape index (κ2) is 11.0. The number of phenols is 1. The number of phenolic OH excluding ortho intramolecular Hbond substituents is 1. The van der Waals surface area contributed by atoms with E-state index >= 15 is 0 Å². The van der Waals surface area contributed by atoms with Crippen LogP contribution in [0.3, 0.4) is 0 Å². The molecule has 0 amide bonds. The largest absolute Gasteiger partial charge is 0.507 e. The first-order chi connectivity index (χ1) is 18.6. The molecule has 9 atom stereocenters. The van der Waals surface area contributed by atoms with Gasteiger partial charge < -0.3 is 54.7 Å². The predicted molar refractivity (Wildman–Crippen MR) is 127 cm³/mol. The van der Waals surface area contributed by atoms with Gasteiger partial charge in [0.05, 0.1) is 25.4 Å². The van der Waals surface area contributed by atoms with Crippen molar-refractivity contribution < 1.29 is 64.3 Å². The third-order valence-corrected chi connectivity index (χ3v) is 7.10. The average molecular weight is 548 g/mol. The second-order valence-corrected chi connectivity index (χ2v) is 9.61. The molecular weight excluding hydrogens is 520 g/mol. The lowest BCUT2D eigenvalue weighted by atomic mass is 9.83. The fourth-order valence-electron chi connectivity index (χ4n) is 4.81. The summed E-state index contributed by atoms with van der Waals surface area (Å²) < 4.78 is 21.6. The first-order valence-corrected chi connectivity index (χ1v) is 12.2. The summed E-state index contributed by atoms with van der Waals surface area (Å²) in [6, 6.07) is 9.03. The molecule has 2 aromatic rings. The van der Waals surface area contributed by atoms with Crippen molar-refractivity contribution in [1.82, 2.24) is 0 Å². The van der Waals surface area contributed by atoms with Crippen LogP contribution in [0.15, 0.2) is 36.4 Å². The quantitative estimate of drug-likeness (QED) is 0.177. The van der Waals surface area contributed by atoms with E-state index in [1.54, 1.807) is 12.1 Å². The lowest BCUT2D eigenvalue weighted by Gasteiger charge is -2.41. The lowest BCUT2D eigenvalue weighted by Crippen LogP contribution is -2.60. The van der Waals surface area contributed by atoms with E-state index in [2.05, 4.69) is 0 Å². The Labute approximate surface area is 221 Å². The van der Waals surface area contributed by atoms with Gasteiger partial charge in [0.15, 0.2) is 24.1 Å². The number of aliphatic hydroxyl groups is 6. The van der Waals surface area contributed by atoms with Crippen LogP contribution in [-0.4, -0.2) is 116 Å². The Morgan fingerprint density at radius 2 is 1.41 bits per heavy atom. The maximum atomic E-state index is 13.0. The van der Waals surface area contributed by atoms with Crippen LogP contribution in [0.25, 0.3) is 0 Å². The first kappa shape index (κ1) is 27.7. The molecule has 0 radical (unpaired) electrons. The van der Waals surface area contributed by atoms with Crippen LogP contribution >= 0.6 is 0 Å². The summed E-state index contributed by atoms with van der Waals surface area (Å²) in [4.78, 5) is 25.9. The number of aromatic hydroxyl groups is 1. The molecule has 2 aromatic carbocycles. The zero-order valence-electron chi connectivity index (χ0n) is 20.4. The molecule has 2 saturated heterocycles. The van der Waals surface area contributed by atoms with Crippen molar-refractivity contribution >= 4 is 11.6 Å². The molecule has 1 aliphatic carbocycles. The number of ether oxygens (including phenoxy) is 4. The summed E-state index contributed by atoms with van der Waals surface area (Å²) in [6.45, 7) is -1.18. The van der Waals surface area contributed by atoms with Crippen molar-refractivity contribution in [3.05, 3.63) is 64.2 Å². The third-order valence-electron chi connectivity index (χ3n) is 7.10. The molecule has 9 unspecified atom stereocenters. The van der Waals surface area contributed by atoms with Gasteiger partial charge >= 0.3 is 0 Å². The van der Waals surface area contributed by atoms with Crippen molar-refractivity contribution in [2.45, 2.75) is 61.9 Å². The van der Waals surface area contributed by atoms with Gasteiger partial charge in [-0.25, -0.2) is 0 Å². The molecular formula is C26H28O13. The van der Waals surface area contributed by atoms with E-state index in [-0.39, 0.29) is 34.4 Å². The normalized spacial score (nSPS) is 34.5. The molecule has 0 spiro atoms. The summed E-state index contributed by atoms with van der Waals surface area (Å²) in [7, 11) is 0. The standard InChI is InChI=1S/C26H28O13/c27-14-8-37-25(23(34)20(14)31)38-9-15-21(32)22(33)24(35)26(39-15)36-7-10-5-6-13-16(17(10)28)19(30)12-4-2-1-3-11(12)18(13)29/h1-6,14-15,20-28,31-35H,7-9H2. The Hall–Kier alpha value is -2.82. The molecule has 2 heterocycles. The van der Waals surface area contributed by atoms with Crippen LogP contribution in [0.4, 0.5) is 0 Å². The van der Waals surface area contributed by atoms with Crippen molar-refractivity contribution in [3.63, 3.8) is 0 Å². The number of aliphatic hydroxyl groups excluding tert-OH is 6. The van der Waals surface area contributed by atoms with Crippen LogP contribution in [0.5, 0.6) is 5.75 Å². The van der Waals surface area contributed by atoms with Gasteiger partial charge in [0.1, 0.15) is 48.5 Å². The zero-order chi connectivity index (χ0) is 28.0. The third kappa shape index (κ3) is 4.98. The Morgan fingerprint density at radius 3 is 2.13 bits per heavy atom.